The van der Waals surface area contributed by atoms with Crippen molar-refractivity contribution in [2.24, 2.45) is 5.92 Å². The van der Waals surface area contributed by atoms with Gasteiger partial charge in [-0.2, -0.15) is 0 Å². The van der Waals surface area contributed by atoms with Gasteiger partial charge in [-0.15, -0.1) is 0 Å². The van der Waals surface area contributed by atoms with Crippen molar-refractivity contribution in [1.29, 1.82) is 0 Å². The van der Waals surface area contributed by atoms with Gasteiger partial charge in [0.1, 0.15) is 6.61 Å². The van der Waals surface area contributed by atoms with Crippen LogP contribution in [0.1, 0.15) is 42.1 Å². The second kappa shape index (κ2) is 6.40. The number of hydrogen-bond acceptors (Lipinski definition) is 2. The number of amides is 1. The Hall–Kier alpha value is -1.79. The van der Waals surface area contributed by atoms with E-state index in [-0.39, 0.29) is 12.5 Å². The molecule has 0 radical (unpaired) electrons. The van der Waals surface area contributed by atoms with Crippen LogP contribution in [-0.2, 0) is 0 Å². The summed E-state index contributed by atoms with van der Waals surface area (Å²) in [5.41, 5.74) is 1.26. The molecule has 0 aliphatic heterocycles. The molecule has 1 amide bonds. The molecule has 2 N–H and O–H groups in total. The van der Waals surface area contributed by atoms with Crippen LogP contribution < -0.4 is 5.32 Å². The van der Waals surface area contributed by atoms with Crippen LogP contribution in [0.25, 0.3) is 0 Å². The molecule has 100 valence electrons. The lowest BCUT2D eigenvalue weighted by Gasteiger charge is -2.06. The summed E-state index contributed by atoms with van der Waals surface area (Å²) in [6.45, 7) is 1.97. The van der Waals surface area contributed by atoms with E-state index in [1.807, 2.05) is 12.1 Å². The molecule has 2 rings (SSSR count). The number of benzene rings is 1. The Morgan fingerprint density at radius 1 is 1.47 bits per heavy atom. The van der Waals surface area contributed by atoms with Gasteiger partial charge in [0, 0.05) is 11.6 Å². The molecule has 0 aromatic heterocycles. The smallest absolute Gasteiger partial charge is 0.252 e. The first-order valence-electron chi connectivity index (χ1n) is 6.76. The Morgan fingerprint density at radius 2 is 2.26 bits per heavy atom. The molecule has 3 heteroatoms. The van der Waals surface area contributed by atoms with E-state index < -0.39 is 0 Å². The van der Waals surface area contributed by atoms with E-state index >= 15 is 0 Å². The third-order valence-electron chi connectivity index (χ3n) is 3.37. The zero-order valence-corrected chi connectivity index (χ0v) is 11.1. The van der Waals surface area contributed by atoms with Crippen LogP contribution in [0.5, 0.6) is 0 Å². The molecule has 1 saturated carbocycles. The molecule has 3 nitrogen and oxygen atoms in total. The van der Waals surface area contributed by atoms with E-state index in [4.69, 9.17) is 5.11 Å². The molecule has 1 aliphatic rings. The van der Waals surface area contributed by atoms with Gasteiger partial charge in [0.2, 0.25) is 0 Å². The largest absolute Gasteiger partial charge is 0.384 e. The standard InChI is InChI=1S/C16H19NO2/c1-2-6-13-11-15(13)17-16(19)14-9-4-3-7-12(14)8-5-10-18/h3-4,7,9,13,15,18H,2,6,10-11H2,1H3,(H,17,19). The zero-order chi connectivity index (χ0) is 13.7. The summed E-state index contributed by atoms with van der Waals surface area (Å²) in [6, 6.07) is 7.57. The lowest BCUT2D eigenvalue weighted by atomic mass is 10.1. The third kappa shape index (κ3) is 3.59. The summed E-state index contributed by atoms with van der Waals surface area (Å²) in [5.74, 6) is 5.98. The maximum atomic E-state index is 12.2. The van der Waals surface area contributed by atoms with E-state index in [2.05, 4.69) is 24.1 Å². The lowest BCUT2D eigenvalue weighted by Crippen LogP contribution is -2.27. The van der Waals surface area contributed by atoms with E-state index in [1.165, 1.54) is 6.42 Å². The number of rotatable bonds is 4. The minimum absolute atomic E-state index is 0.0635. The maximum Gasteiger partial charge on any atom is 0.252 e. The molecule has 1 fully saturated rings. The minimum atomic E-state index is -0.197. The predicted octanol–water partition coefficient (Wildman–Crippen LogP) is 1.95. The molecule has 1 aliphatic carbocycles. The Kier molecular flexibility index (Phi) is 4.59. The average Bonchev–Trinajstić information content (AvgIpc) is 3.15. The second-order valence-corrected chi connectivity index (χ2v) is 4.87. The molecule has 2 atom stereocenters. The molecule has 0 spiro atoms. The Labute approximate surface area is 114 Å². The van der Waals surface area contributed by atoms with Crippen molar-refractivity contribution in [1.82, 2.24) is 5.32 Å². The van der Waals surface area contributed by atoms with Gasteiger partial charge in [-0.05, 0) is 30.9 Å². The first-order chi connectivity index (χ1) is 9.26. The van der Waals surface area contributed by atoms with Crippen molar-refractivity contribution in [2.45, 2.75) is 32.2 Å². The van der Waals surface area contributed by atoms with Crippen LogP contribution in [0.15, 0.2) is 24.3 Å². The monoisotopic (exact) mass is 257 g/mol. The topological polar surface area (TPSA) is 49.3 Å². The van der Waals surface area contributed by atoms with Gasteiger partial charge < -0.3 is 10.4 Å². The number of carbonyl (C=O) groups excluding carboxylic acids is 1. The fourth-order valence-electron chi connectivity index (χ4n) is 2.29. The fraction of sp³-hybridized carbons (Fsp3) is 0.438. The van der Waals surface area contributed by atoms with Crippen molar-refractivity contribution in [3.63, 3.8) is 0 Å². The summed E-state index contributed by atoms with van der Waals surface area (Å²) >= 11 is 0. The second-order valence-electron chi connectivity index (χ2n) is 4.87. The quantitative estimate of drug-likeness (QED) is 0.810. The van der Waals surface area contributed by atoms with Crippen LogP contribution in [0, 0.1) is 17.8 Å². The maximum absolute atomic E-state index is 12.2. The Bertz CT molecular complexity index is 513. The van der Waals surface area contributed by atoms with Crippen molar-refractivity contribution in [3.05, 3.63) is 35.4 Å². The van der Waals surface area contributed by atoms with E-state index in [9.17, 15) is 4.79 Å². The van der Waals surface area contributed by atoms with Gasteiger partial charge in [0.05, 0.1) is 5.56 Å². The molecule has 0 heterocycles. The van der Waals surface area contributed by atoms with Gasteiger partial charge in [-0.3, -0.25) is 4.79 Å². The first-order valence-corrected chi connectivity index (χ1v) is 6.76. The van der Waals surface area contributed by atoms with Crippen molar-refractivity contribution >= 4 is 5.91 Å². The Morgan fingerprint density at radius 3 is 3.00 bits per heavy atom. The molecule has 1 aromatic rings. The van der Waals surface area contributed by atoms with Crippen molar-refractivity contribution in [2.75, 3.05) is 6.61 Å². The normalized spacial score (nSPS) is 20.3. The molecule has 0 saturated heterocycles. The Balaban J connectivity index is 2.03. The van der Waals surface area contributed by atoms with Gasteiger partial charge in [-0.1, -0.05) is 37.3 Å². The van der Waals surface area contributed by atoms with Gasteiger partial charge in [0.25, 0.3) is 5.91 Å². The number of hydrogen-bond donors (Lipinski definition) is 2. The number of aliphatic hydroxyl groups excluding tert-OH is 1. The summed E-state index contributed by atoms with van der Waals surface area (Å²) < 4.78 is 0. The summed E-state index contributed by atoms with van der Waals surface area (Å²) in [4.78, 5) is 12.2. The molecular formula is C16H19NO2. The molecule has 1 aromatic carbocycles. The van der Waals surface area contributed by atoms with E-state index in [0.717, 1.165) is 12.8 Å². The van der Waals surface area contributed by atoms with Crippen molar-refractivity contribution in [3.8, 4) is 11.8 Å². The van der Waals surface area contributed by atoms with Gasteiger partial charge >= 0.3 is 0 Å². The highest BCUT2D eigenvalue weighted by molar-refractivity contribution is 5.97. The van der Waals surface area contributed by atoms with E-state index in [1.54, 1.807) is 12.1 Å². The van der Waals surface area contributed by atoms with Crippen molar-refractivity contribution < 1.29 is 9.90 Å². The average molecular weight is 257 g/mol. The molecular weight excluding hydrogens is 238 g/mol. The summed E-state index contributed by atoms with van der Waals surface area (Å²) in [6.07, 6.45) is 3.43. The highest BCUT2D eigenvalue weighted by Crippen LogP contribution is 2.34. The van der Waals surface area contributed by atoms with Crippen LogP contribution >= 0.6 is 0 Å². The molecule has 2 unspecified atom stereocenters. The fourth-order valence-corrected chi connectivity index (χ4v) is 2.29. The summed E-state index contributed by atoms with van der Waals surface area (Å²) in [7, 11) is 0. The molecule has 19 heavy (non-hydrogen) atoms. The first kappa shape index (κ1) is 13.6. The highest BCUT2D eigenvalue weighted by Gasteiger charge is 2.37. The number of nitrogens with one attached hydrogen (secondary N) is 1. The lowest BCUT2D eigenvalue weighted by molar-refractivity contribution is 0.0948. The van der Waals surface area contributed by atoms with Crippen LogP contribution in [0.4, 0.5) is 0 Å². The van der Waals surface area contributed by atoms with Gasteiger partial charge in [0.15, 0.2) is 0 Å². The van der Waals surface area contributed by atoms with Crippen LogP contribution in [0.2, 0.25) is 0 Å². The predicted molar refractivity (Wildman–Crippen MR) is 74.7 cm³/mol. The number of carbonyl (C=O) groups is 1. The molecule has 0 bridgehead atoms. The number of aliphatic hydroxyl groups is 1. The van der Waals surface area contributed by atoms with Crippen LogP contribution in [-0.4, -0.2) is 23.7 Å². The highest BCUT2D eigenvalue weighted by atomic mass is 16.2. The zero-order valence-electron chi connectivity index (χ0n) is 11.1. The van der Waals surface area contributed by atoms with Gasteiger partial charge in [-0.25, -0.2) is 0 Å². The third-order valence-corrected chi connectivity index (χ3v) is 3.37. The minimum Gasteiger partial charge on any atom is -0.384 e. The van der Waals surface area contributed by atoms with Crippen LogP contribution in [0.3, 0.4) is 0 Å². The SMILES string of the molecule is CCCC1CC1NC(=O)c1ccccc1C#CCO. The van der Waals surface area contributed by atoms with E-state index in [0.29, 0.717) is 23.1 Å². The summed E-state index contributed by atoms with van der Waals surface area (Å²) in [5, 5.41) is 11.8.